The fourth-order valence-electron chi connectivity index (χ4n) is 1.41. The monoisotopic (exact) mass is 269 g/mol. The molecule has 0 N–H and O–H groups in total. The fraction of sp³-hybridized carbons (Fsp3) is 0.308. The first kappa shape index (κ1) is 12.5. The van der Waals surface area contributed by atoms with E-state index in [1.54, 1.807) is 23.5 Å². The van der Waals surface area contributed by atoms with Crippen molar-refractivity contribution in [3.8, 4) is 11.3 Å². The van der Waals surface area contributed by atoms with E-state index in [0.717, 1.165) is 16.3 Å². The summed E-state index contributed by atoms with van der Waals surface area (Å²) in [5.74, 6) is -0.401. The van der Waals surface area contributed by atoms with Crippen molar-refractivity contribution in [3.63, 3.8) is 0 Å². The van der Waals surface area contributed by atoms with Crippen molar-refractivity contribution in [2.24, 2.45) is 0 Å². The number of thiazole rings is 1. The molecular formula is C13H13ClFNS. The predicted octanol–water partition coefficient (Wildman–Crippen LogP) is 4.90. The molecule has 17 heavy (non-hydrogen) atoms. The molecule has 0 unspecified atom stereocenters. The van der Waals surface area contributed by atoms with E-state index in [2.05, 4.69) is 25.8 Å². The summed E-state index contributed by atoms with van der Waals surface area (Å²) in [6.45, 7) is 6.35. The molecule has 1 heterocycles. The van der Waals surface area contributed by atoms with E-state index in [1.807, 2.05) is 5.38 Å². The van der Waals surface area contributed by atoms with Gasteiger partial charge in [-0.05, 0) is 18.2 Å². The van der Waals surface area contributed by atoms with Crippen molar-refractivity contribution in [1.82, 2.24) is 4.98 Å². The van der Waals surface area contributed by atoms with Gasteiger partial charge in [-0.2, -0.15) is 0 Å². The fourth-order valence-corrected chi connectivity index (χ4v) is 2.50. The average molecular weight is 270 g/mol. The van der Waals surface area contributed by atoms with Gasteiger partial charge in [-0.3, -0.25) is 0 Å². The summed E-state index contributed by atoms with van der Waals surface area (Å²) in [7, 11) is 0. The van der Waals surface area contributed by atoms with Gasteiger partial charge in [0.25, 0.3) is 0 Å². The van der Waals surface area contributed by atoms with E-state index in [0.29, 0.717) is 0 Å². The number of aromatic nitrogens is 1. The van der Waals surface area contributed by atoms with E-state index in [9.17, 15) is 4.39 Å². The number of hydrogen-bond acceptors (Lipinski definition) is 2. The van der Waals surface area contributed by atoms with Crippen LogP contribution in [-0.2, 0) is 5.41 Å². The van der Waals surface area contributed by atoms with Crippen LogP contribution in [0.2, 0.25) is 5.02 Å². The molecule has 0 bridgehead atoms. The molecule has 1 aromatic carbocycles. The molecule has 0 radical (unpaired) electrons. The van der Waals surface area contributed by atoms with Crippen LogP contribution >= 0.6 is 22.9 Å². The second kappa shape index (κ2) is 4.39. The van der Waals surface area contributed by atoms with Gasteiger partial charge in [0.2, 0.25) is 0 Å². The third-order valence-electron chi connectivity index (χ3n) is 2.36. The zero-order chi connectivity index (χ0) is 12.6. The number of nitrogens with zero attached hydrogens (tertiary/aromatic N) is 1. The number of rotatable bonds is 1. The number of benzene rings is 1. The summed E-state index contributed by atoms with van der Waals surface area (Å²) in [4.78, 5) is 4.56. The lowest BCUT2D eigenvalue weighted by molar-refractivity contribution is 0.586. The lowest BCUT2D eigenvalue weighted by Gasteiger charge is -2.13. The highest BCUT2D eigenvalue weighted by molar-refractivity contribution is 7.10. The Morgan fingerprint density at radius 1 is 1.29 bits per heavy atom. The Hall–Kier alpha value is -0.930. The third-order valence-corrected chi connectivity index (χ3v) is 3.92. The molecule has 0 fully saturated rings. The minimum absolute atomic E-state index is 0.0345. The van der Waals surface area contributed by atoms with Crippen molar-refractivity contribution in [2.45, 2.75) is 26.2 Å². The molecule has 0 saturated heterocycles. The summed E-state index contributed by atoms with van der Waals surface area (Å²) in [5, 5.41) is 3.17. The minimum Gasteiger partial charge on any atom is -0.241 e. The molecular weight excluding hydrogens is 257 g/mol. The maximum Gasteiger partial charge on any atom is 0.141 e. The summed E-state index contributed by atoms with van der Waals surface area (Å²) in [6, 6.07) is 4.68. The number of hydrogen-bond donors (Lipinski definition) is 0. The standard InChI is InChI=1S/C13H13ClFNS/c1-13(2,3)12-16-11(7-17-12)8-4-5-10(15)9(14)6-8/h4-7H,1-3H3. The Morgan fingerprint density at radius 3 is 2.53 bits per heavy atom. The first-order valence-corrected chi connectivity index (χ1v) is 6.55. The summed E-state index contributed by atoms with van der Waals surface area (Å²) >= 11 is 7.37. The molecule has 2 aromatic rings. The first-order valence-electron chi connectivity index (χ1n) is 5.29. The van der Waals surface area contributed by atoms with Crippen LogP contribution in [0.4, 0.5) is 4.39 Å². The second-order valence-corrected chi connectivity index (χ2v) is 6.18. The highest BCUT2D eigenvalue weighted by atomic mass is 35.5. The topological polar surface area (TPSA) is 12.9 Å². The van der Waals surface area contributed by atoms with Crippen molar-refractivity contribution < 1.29 is 4.39 Å². The van der Waals surface area contributed by atoms with Crippen molar-refractivity contribution in [1.29, 1.82) is 0 Å². The molecule has 0 spiro atoms. The molecule has 0 aliphatic heterocycles. The van der Waals surface area contributed by atoms with E-state index in [-0.39, 0.29) is 10.4 Å². The smallest absolute Gasteiger partial charge is 0.141 e. The van der Waals surface area contributed by atoms with Crippen LogP contribution in [0.1, 0.15) is 25.8 Å². The lowest BCUT2D eigenvalue weighted by atomic mass is 9.98. The molecule has 1 nitrogen and oxygen atoms in total. The lowest BCUT2D eigenvalue weighted by Crippen LogP contribution is -2.10. The largest absolute Gasteiger partial charge is 0.241 e. The van der Waals surface area contributed by atoms with Gasteiger partial charge in [-0.1, -0.05) is 32.4 Å². The normalized spacial score (nSPS) is 11.8. The van der Waals surface area contributed by atoms with Crippen LogP contribution in [0.15, 0.2) is 23.6 Å². The second-order valence-electron chi connectivity index (χ2n) is 4.92. The van der Waals surface area contributed by atoms with Crippen LogP contribution in [0.25, 0.3) is 11.3 Å². The Labute approximate surface area is 109 Å². The van der Waals surface area contributed by atoms with Gasteiger partial charge < -0.3 is 0 Å². The zero-order valence-corrected chi connectivity index (χ0v) is 11.5. The predicted molar refractivity (Wildman–Crippen MR) is 71.2 cm³/mol. The van der Waals surface area contributed by atoms with Crippen molar-refractivity contribution >= 4 is 22.9 Å². The molecule has 90 valence electrons. The average Bonchev–Trinajstić information content (AvgIpc) is 2.70. The van der Waals surface area contributed by atoms with Gasteiger partial charge in [0.15, 0.2) is 0 Å². The molecule has 1 aromatic heterocycles. The van der Waals surface area contributed by atoms with E-state index in [1.165, 1.54) is 6.07 Å². The van der Waals surface area contributed by atoms with Crippen LogP contribution in [0, 0.1) is 5.82 Å². The molecule has 0 atom stereocenters. The van der Waals surface area contributed by atoms with Gasteiger partial charge >= 0.3 is 0 Å². The summed E-state index contributed by atoms with van der Waals surface area (Å²) < 4.78 is 13.1. The highest BCUT2D eigenvalue weighted by Crippen LogP contribution is 2.31. The SMILES string of the molecule is CC(C)(C)c1nc(-c2ccc(F)c(Cl)c2)cs1. The molecule has 0 aliphatic carbocycles. The molecule has 2 rings (SSSR count). The van der Waals surface area contributed by atoms with Gasteiger partial charge in [0.05, 0.1) is 15.7 Å². The first-order chi connectivity index (χ1) is 7.88. The van der Waals surface area contributed by atoms with Crippen LogP contribution in [0.5, 0.6) is 0 Å². The van der Waals surface area contributed by atoms with E-state index in [4.69, 9.17) is 11.6 Å². The summed E-state index contributed by atoms with van der Waals surface area (Å²) in [5.41, 5.74) is 1.73. The quantitative estimate of drug-likeness (QED) is 0.717. The highest BCUT2D eigenvalue weighted by Gasteiger charge is 2.18. The maximum atomic E-state index is 13.1. The third kappa shape index (κ3) is 2.67. The zero-order valence-electron chi connectivity index (χ0n) is 9.92. The van der Waals surface area contributed by atoms with Crippen LogP contribution in [-0.4, -0.2) is 4.98 Å². The van der Waals surface area contributed by atoms with E-state index < -0.39 is 5.82 Å². The van der Waals surface area contributed by atoms with Crippen LogP contribution in [0.3, 0.4) is 0 Å². The Kier molecular flexibility index (Phi) is 3.23. The van der Waals surface area contributed by atoms with Gasteiger partial charge in [-0.15, -0.1) is 11.3 Å². The van der Waals surface area contributed by atoms with Crippen molar-refractivity contribution in [3.05, 3.63) is 39.4 Å². The molecule has 0 saturated carbocycles. The molecule has 4 heteroatoms. The molecule has 0 amide bonds. The van der Waals surface area contributed by atoms with Crippen molar-refractivity contribution in [2.75, 3.05) is 0 Å². The Balaban J connectivity index is 2.40. The Bertz CT molecular complexity index is 543. The van der Waals surface area contributed by atoms with Gasteiger partial charge in [0, 0.05) is 16.4 Å². The summed E-state index contributed by atoms with van der Waals surface area (Å²) in [6.07, 6.45) is 0. The number of halogens is 2. The molecule has 0 aliphatic rings. The maximum absolute atomic E-state index is 13.1. The van der Waals surface area contributed by atoms with Gasteiger partial charge in [0.1, 0.15) is 5.82 Å². The van der Waals surface area contributed by atoms with E-state index >= 15 is 0 Å². The minimum atomic E-state index is -0.401. The Morgan fingerprint density at radius 2 is 2.00 bits per heavy atom. The van der Waals surface area contributed by atoms with Gasteiger partial charge in [-0.25, -0.2) is 9.37 Å². The van der Waals surface area contributed by atoms with Crippen LogP contribution < -0.4 is 0 Å².